The van der Waals surface area contributed by atoms with Crippen LogP contribution in [0.4, 0.5) is 5.69 Å². The molecule has 2 rings (SSSR count). The summed E-state index contributed by atoms with van der Waals surface area (Å²) in [6.07, 6.45) is 2.75. The Labute approximate surface area is 208 Å². The first-order valence-electron chi connectivity index (χ1n) is 9.22. The number of methoxy groups -OCH3 is 1. The van der Waals surface area contributed by atoms with E-state index in [0.717, 1.165) is 0 Å². The van der Waals surface area contributed by atoms with E-state index in [9.17, 15) is 14.4 Å². The molecule has 0 atom stereocenters. The van der Waals surface area contributed by atoms with Crippen molar-refractivity contribution in [3.8, 4) is 11.5 Å². The van der Waals surface area contributed by atoms with Crippen LogP contribution in [-0.4, -0.2) is 44.2 Å². The van der Waals surface area contributed by atoms with Crippen LogP contribution >= 0.6 is 39.1 Å². The van der Waals surface area contributed by atoms with E-state index in [1.807, 2.05) is 0 Å². The lowest BCUT2D eigenvalue weighted by molar-refractivity contribution is -0.139. The van der Waals surface area contributed by atoms with Crippen molar-refractivity contribution in [1.82, 2.24) is 10.7 Å². The van der Waals surface area contributed by atoms with Crippen LogP contribution < -0.4 is 25.5 Å². The number of hydrogen-bond acceptors (Lipinski definition) is 6. The maximum Gasteiger partial charge on any atom is 0.329 e. The number of nitrogens with one attached hydrogen (secondary N) is 3. The second-order valence-electron chi connectivity index (χ2n) is 6.23. The largest absolute Gasteiger partial charge is 0.493 e. The van der Waals surface area contributed by atoms with Crippen LogP contribution in [-0.2, 0) is 14.4 Å². The summed E-state index contributed by atoms with van der Waals surface area (Å²) < 4.78 is 11.4. The number of nitrogens with zero attached hydrogens (tertiary/aromatic N) is 1. The van der Waals surface area contributed by atoms with Gasteiger partial charge in [0.05, 0.1) is 17.8 Å². The first kappa shape index (κ1) is 26.2. The van der Waals surface area contributed by atoms with E-state index >= 15 is 0 Å². The molecular weight excluding hydrogens is 539 g/mol. The van der Waals surface area contributed by atoms with Crippen LogP contribution in [0.15, 0.2) is 52.6 Å². The van der Waals surface area contributed by atoms with Gasteiger partial charge in [0.1, 0.15) is 0 Å². The molecule has 9 nitrogen and oxygen atoms in total. The monoisotopic (exact) mass is 556 g/mol. The summed E-state index contributed by atoms with van der Waals surface area (Å²) in [5.74, 6) is -1.62. The molecule has 2 aromatic carbocycles. The van der Waals surface area contributed by atoms with Crippen molar-refractivity contribution in [1.29, 1.82) is 0 Å². The SMILES string of the molecule is C=CCNC(=O)C(=O)NN=Cc1cc(Br)c(OCC(=O)Nc2cc(Cl)cc(Cl)c2)c(OC)c1. The number of halogens is 3. The minimum atomic E-state index is -0.925. The first-order valence-corrected chi connectivity index (χ1v) is 10.8. The van der Waals surface area contributed by atoms with E-state index in [0.29, 0.717) is 31.5 Å². The van der Waals surface area contributed by atoms with Gasteiger partial charge in [-0.3, -0.25) is 14.4 Å². The second-order valence-corrected chi connectivity index (χ2v) is 7.95. The minimum Gasteiger partial charge on any atom is -0.493 e. The van der Waals surface area contributed by atoms with E-state index in [-0.39, 0.29) is 18.9 Å². The van der Waals surface area contributed by atoms with Gasteiger partial charge in [0.15, 0.2) is 18.1 Å². The average Bonchev–Trinajstić information content (AvgIpc) is 2.75. The zero-order chi connectivity index (χ0) is 24.4. The summed E-state index contributed by atoms with van der Waals surface area (Å²) in [7, 11) is 1.43. The highest BCUT2D eigenvalue weighted by Gasteiger charge is 2.14. The van der Waals surface area contributed by atoms with Gasteiger partial charge in [-0.1, -0.05) is 29.3 Å². The molecule has 0 aliphatic heterocycles. The summed E-state index contributed by atoms with van der Waals surface area (Å²) in [6.45, 7) is 3.28. The smallest absolute Gasteiger partial charge is 0.329 e. The molecule has 0 saturated carbocycles. The fourth-order valence-electron chi connectivity index (χ4n) is 2.38. The number of hydrazone groups is 1. The zero-order valence-corrected chi connectivity index (χ0v) is 20.4. The van der Waals surface area contributed by atoms with Gasteiger partial charge in [0.2, 0.25) is 0 Å². The molecule has 174 valence electrons. The third-order valence-electron chi connectivity index (χ3n) is 3.74. The van der Waals surface area contributed by atoms with Crippen LogP contribution in [0.25, 0.3) is 0 Å². The Morgan fingerprint density at radius 2 is 1.82 bits per heavy atom. The Morgan fingerprint density at radius 1 is 1.12 bits per heavy atom. The number of carbonyl (C=O) groups excluding carboxylic acids is 3. The fourth-order valence-corrected chi connectivity index (χ4v) is 3.48. The van der Waals surface area contributed by atoms with Crippen molar-refractivity contribution in [2.45, 2.75) is 0 Å². The van der Waals surface area contributed by atoms with Crippen molar-refractivity contribution in [2.75, 3.05) is 25.6 Å². The number of ether oxygens (including phenoxy) is 2. The van der Waals surface area contributed by atoms with Crippen molar-refractivity contribution >= 4 is 68.8 Å². The molecule has 0 radical (unpaired) electrons. The average molecular weight is 558 g/mol. The number of rotatable bonds is 9. The maximum atomic E-state index is 12.2. The fraction of sp³-hybridized carbons (Fsp3) is 0.143. The molecule has 12 heteroatoms. The number of benzene rings is 2. The lowest BCUT2D eigenvalue weighted by Crippen LogP contribution is -2.37. The predicted octanol–water partition coefficient (Wildman–Crippen LogP) is 3.53. The van der Waals surface area contributed by atoms with Crippen molar-refractivity contribution in [3.05, 3.63) is 63.1 Å². The summed E-state index contributed by atoms with van der Waals surface area (Å²) in [6, 6.07) is 7.85. The molecule has 2 aromatic rings. The van der Waals surface area contributed by atoms with Crippen molar-refractivity contribution < 1.29 is 23.9 Å². The molecule has 0 aliphatic carbocycles. The van der Waals surface area contributed by atoms with Crippen molar-refractivity contribution in [2.24, 2.45) is 5.10 Å². The minimum absolute atomic E-state index is 0.159. The molecule has 0 saturated heterocycles. The van der Waals surface area contributed by atoms with Crippen LogP contribution in [0.2, 0.25) is 10.0 Å². The first-order chi connectivity index (χ1) is 15.7. The Morgan fingerprint density at radius 3 is 2.45 bits per heavy atom. The van der Waals surface area contributed by atoms with Gasteiger partial charge >= 0.3 is 11.8 Å². The predicted molar refractivity (Wildman–Crippen MR) is 130 cm³/mol. The molecule has 0 heterocycles. The Kier molecular flexibility index (Phi) is 10.2. The molecule has 3 N–H and O–H groups in total. The van der Waals surface area contributed by atoms with Gasteiger partial charge in [-0.05, 0) is 51.8 Å². The number of carbonyl (C=O) groups is 3. The Bertz CT molecular complexity index is 1070. The Hall–Kier alpha value is -3.08. The molecule has 0 fully saturated rings. The molecule has 0 spiro atoms. The lowest BCUT2D eigenvalue weighted by atomic mass is 10.2. The quantitative estimate of drug-likeness (QED) is 0.189. The topological polar surface area (TPSA) is 118 Å². The standard InChI is InChI=1S/C21H19BrCl2N4O5/c1-3-4-25-20(30)21(31)28-26-10-12-5-16(22)19(17(6-12)32-2)33-11-18(29)27-15-8-13(23)7-14(24)9-15/h3,5-10H,1,4,11H2,2H3,(H,25,30)(H,27,29)(H,28,31). The van der Waals surface area contributed by atoms with Gasteiger partial charge in [-0.15, -0.1) is 6.58 Å². The van der Waals surface area contributed by atoms with Gasteiger partial charge in [0, 0.05) is 22.3 Å². The van der Waals surface area contributed by atoms with Gasteiger partial charge in [0.25, 0.3) is 5.91 Å². The second kappa shape index (κ2) is 12.8. The summed E-state index contributed by atoms with van der Waals surface area (Å²) >= 11 is 15.2. The molecule has 0 unspecified atom stereocenters. The van der Waals surface area contributed by atoms with Crippen LogP contribution in [0, 0.1) is 0 Å². The normalized spacial score (nSPS) is 10.4. The zero-order valence-electron chi connectivity index (χ0n) is 17.3. The van der Waals surface area contributed by atoms with Crippen LogP contribution in [0.1, 0.15) is 5.56 Å². The number of hydrogen-bond donors (Lipinski definition) is 3. The summed E-state index contributed by atoms with van der Waals surface area (Å²) in [4.78, 5) is 35.3. The van der Waals surface area contributed by atoms with E-state index in [1.54, 1.807) is 30.3 Å². The maximum absolute atomic E-state index is 12.2. The highest BCUT2D eigenvalue weighted by Crippen LogP contribution is 2.36. The highest BCUT2D eigenvalue weighted by atomic mass is 79.9. The van der Waals surface area contributed by atoms with Crippen LogP contribution in [0.5, 0.6) is 11.5 Å². The Balaban J connectivity index is 2.01. The van der Waals surface area contributed by atoms with E-state index in [2.05, 4.69) is 43.7 Å². The van der Waals surface area contributed by atoms with Gasteiger partial charge < -0.3 is 20.1 Å². The number of anilines is 1. The molecular formula is C21H19BrCl2N4O5. The molecule has 0 aliphatic rings. The molecule has 0 bridgehead atoms. The highest BCUT2D eigenvalue weighted by molar-refractivity contribution is 9.10. The summed E-state index contributed by atoms with van der Waals surface area (Å²) in [5, 5.41) is 9.47. The number of amides is 3. The lowest BCUT2D eigenvalue weighted by Gasteiger charge is -2.13. The van der Waals surface area contributed by atoms with E-state index < -0.39 is 17.7 Å². The van der Waals surface area contributed by atoms with Gasteiger partial charge in [-0.25, -0.2) is 5.43 Å². The molecule has 33 heavy (non-hydrogen) atoms. The van der Waals surface area contributed by atoms with Crippen LogP contribution in [0.3, 0.4) is 0 Å². The summed E-state index contributed by atoms with van der Waals surface area (Å²) in [5.41, 5.74) is 3.06. The molecule has 3 amide bonds. The third kappa shape index (κ3) is 8.41. The van der Waals surface area contributed by atoms with E-state index in [4.69, 9.17) is 32.7 Å². The van der Waals surface area contributed by atoms with Crippen molar-refractivity contribution in [3.63, 3.8) is 0 Å². The van der Waals surface area contributed by atoms with E-state index in [1.165, 1.54) is 19.4 Å². The molecule has 0 aromatic heterocycles. The van der Waals surface area contributed by atoms with Gasteiger partial charge in [-0.2, -0.15) is 5.10 Å². The third-order valence-corrected chi connectivity index (χ3v) is 4.76.